The number of halogens is 7. The van der Waals surface area contributed by atoms with Crippen LogP contribution in [0.5, 0.6) is 5.75 Å². The van der Waals surface area contributed by atoms with Gasteiger partial charge in [-0.25, -0.2) is 8.78 Å². The summed E-state index contributed by atoms with van der Waals surface area (Å²) >= 11 is 0. The summed E-state index contributed by atoms with van der Waals surface area (Å²) in [6, 6.07) is 6.30. The third-order valence-electron chi connectivity index (χ3n) is 3.86. The molecule has 154 valence electrons. The van der Waals surface area contributed by atoms with Crippen molar-refractivity contribution in [3.63, 3.8) is 0 Å². The zero-order valence-corrected chi connectivity index (χ0v) is 14.9. The van der Waals surface area contributed by atoms with E-state index < -0.39 is 47.1 Å². The molecule has 2 aromatic carbocycles. The Labute approximate surface area is 156 Å². The Morgan fingerprint density at radius 1 is 0.929 bits per heavy atom. The fourth-order valence-electron chi connectivity index (χ4n) is 2.54. The molecule has 28 heavy (non-hydrogen) atoms. The molecular weight excluding hydrogens is 393 g/mol. The van der Waals surface area contributed by atoms with Gasteiger partial charge in [-0.2, -0.15) is 8.78 Å². The summed E-state index contributed by atoms with van der Waals surface area (Å²) in [5.74, 6) is -5.04. The lowest BCUT2D eigenvalue weighted by molar-refractivity contribution is -0.276. The minimum atomic E-state index is -5.30. The van der Waals surface area contributed by atoms with Gasteiger partial charge < -0.3 is 9.47 Å². The molecule has 0 aromatic heterocycles. The molecule has 2 rings (SSSR count). The van der Waals surface area contributed by atoms with E-state index in [-0.39, 0.29) is 0 Å². The van der Waals surface area contributed by atoms with Crippen molar-refractivity contribution >= 4 is 0 Å². The first-order chi connectivity index (χ1) is 12.9. The number of alkyl halides is 5. The van der Waals surface area contributed by atoms with Crippen molar-refractivity contribution in [2.75, 3.05) is 0 Å². The molecule has 0 aliphatic heterocycles. The average Bonchev–Trinajstić information content (AvgIpc) is 2.57. The Morgan fingerprint density at radius 3 is 1.93 bits per heavy atom. The summed E-state index contributed by atoms with van der Waals surface area (Å²) in [5, 5.41) is 0. The van der Waals surface area contributed by atoms with Crippen LogP contribution in [0.1, 0.15) is 43.1 Å². The van der Waals surface area contributed by atoms with Crippen molar-refractivity contribution in [3.05, 3.63) is 64.7 Å². The predicted octanol–water partition coefficient (Wildman–Crippen LogP) is 6.64. The largest absolute Gasteiger partial charge is 0.573 e. The van der Waals surface area contributed by atoms with E-state index in [1.54, 1.807) is 0 Å². The summed E-state index contributed by atoms with van der Waals surface area (Å²) in [5.41, 5.74) is -0.0107. The van der Waals surface area contributed by atoms with Gasteiger partial charge in [-0.05, 0) is 36.6 Å². The first-order valence-corrected chi connectivity index (χ1v) is 8.32. The van der Waals surface area contributed by atoms with Crippen molar-refractivity contribution < 1.29 is 40.2 Å². The Hall–Kier alpha value is -2.29. The summed E-state index contributed by atoms with van der Waals surface area (Å²) in [7, 11) is 0. The molecule has 0 heterocycles. The third kappa shape index (κ3) is 5.60. The van der Waals surface area contributed by atoms with Crippen LogP contribution in [0.25, 0.3) is 0 Å². The minimum Gasteiger partial charge on any atom is -0.399 e. The maximum Gasteiger partial charge on any atom is 0.573 e. The van der Waals surface area contributed by atoms with Gasteiger partial charge in [-0.3, -0.25) is 0 Å². The van der Waals surface area contributed by atoms with Crippen LogP contribution in [-0.4, -0.2) is 6.36 Å². The Bertz CT molecular complexity index is 778. The maximum atomic E-state index is 14.3. The van der Waals surface area contributed by atoms with E-state index >= 15 is 0 Å². The molecule has 0 aliphatic carbocycles. The third-order valence-corrected chi connectivity index (χ3v) is 3.86. The van der Waals surface area contributed by atoms with Crippen molar-refractivity contribution in [1.29, 1.82) is 0 Å². The van der Waals surface area contributed by atoms with Crippen LogP contribution in [0.4, 0.5) is 30.7 Å². The Balaban J connectivity index is 2.20. The van der Waals surface area contributed by atoms with Gasteiger partial charge in [-0.1, -0.05) is 37.6 Å². The van der Waals surface area contributed by atoms with E-state index in [2.05, 4.69) is 9.47 Å². The van der Waals surface area contributed by atoms with Crippen LogP contribution < -0.4 is 4.74 Å². The Kier molecular flexibility index (Phi) is 6.59. The van der Waals surface area contributed by atoms with Crippen molar-refractivity contribution in [2.24, 2.45) is 0 Å². The Morgan fingerprint density at radius 2 is 1.46 bits per heavy atom. The number of hydrogen-bond donors (Lipinski definition) is 0. The average molecular weight is 410 g/mol. The lowest BCUT2D eigenvalue weighted by Gasteiger charge is -2.23. The zero-order chi connectivity index (χ0) is 21.1. The molecule has 0 saturated heterocycles. The molecular formula is C19H17F7O2. The number of hydrogen-bond acceptors (Lipinski definition) is 2. The summed E-state index contributed by atoms with van der Waals surface area (Å²) in [4.78, 5) is 0. The van der Waals surface area contributed by atoms with Gasteiger partial charge in [0.2, 0.25) is 5.75 Å². The van der Waals surface area contributed by atoms with E-state index in [1.807, 2.05) is 6.92 Å². The van der Waals surface area contributed by atoms with Gasteiger partial charge in [-0.15, -0.1) is 13.2 Å². The lowest BCUT2D eigenvalue weighted by atomic mass is 10.1. The second-order valence-electron chi connectivity index (χ2n) is 6.09. The van der Waals surface area contributed by atoms with Crippen LogP contribution in [0, 0.1) is 11.6 Å². The van der Waals surface area contributed by atoms with Gasteiger partial charge in [0, 0.05) is 0 Å². The van der Waals surface area contributed by atoms with Crippen molar-refractivity contribution in [3.8, 4) is 5.75 Å². The van der Waals surface area contributed by atoms with Gasteiger partial charge in [0.05, 0.1) is 11.7 Å². The van der Waals surface area contributed by atoms with Gasteiger partial charge >= 0.3 is 12.5 Å². The van der Waals surface area contributed by atoms with Crippen LogP contribution in [0.15, 0.2) is 36.4 Å². The molecule has 0 bridgehead atoms. The second kappa shape index (κ2) is 8.38. The quantitative estimate of drug-likeness (QED) is 0.476. The number of benzene rings is 2. The van der Waals surface area contributed by atoms with Gasteiger partial charge in [0.25, 0.3) is 0 Å². The first kappa shape index (κ1) is 22.0. The first-order valence-electron chi connectivity index (χ1n) is 8.32. The molecule has 0 aliphatic rings. The maximum absolute atomic E-state index is 14.3. The molecule has 0 spiro atoms. The minimum absolute atomic E-state index is 0.410. The van der Waals surface area contributed by atoms with Gasteiger partial charge in [0.15, 0.2) is 11.6 Å². The molecule has 0 fully saturated rings. The summed E-state index contributed by atoms with van der Waals surface area (Å²) in [6.45, 7) is 3.04. The summed E-state index contributed by atoms with van der Waals surface area (Å²) < 4.78 is 101. The predicted molar refractivity (Wildman–Crippen MR) is 86.9 cm³/mol. The molecule has 0 saturated carbocycles. The highest BCUT2D eigenvalue weighted by Crippen LogP contribution is 2.37. The zero-order valence-electron chi connectivity index (χ0n) is 14.9. The van der Waals surface area contributed by atoms with E-state index in [9.17, 15) is 30.7 Å². The van der Waals surface area contributed by atoms with Crippen LogP contribution in [-0.2, 0) is 17.3 Å². The van der Waals surface area contributed by atoms with E-state index in [0.29, 0.717) is 18.6 Å². The molecule has 1 unspecified atom stereocenters. The molecule has 0 N–H and O–H groups in total. The monoisotopic (exact) mass is 410 g/mol. The molecule has 2 aromatic rings. The number of aryl methyl sites for hydroxylation is 1. The molecule has 9 heteroatoms. The number of ether oxygens (including phenoxy) is 2. The normalized spacial score (nSPS) is 13.5. The highest BCUT2D eigenvalue weighted by atomic mass is 19.4. The molecule has 2 nitrogen and oxygen atoms in total. The van der Waals surface area contributed by atoms with Crippen molar-refractivity contribution in [1.82, 2.24) is 0 Å². The lowest BCUT2D eigenvalue weighted by Crippen LogP contribution is -2.21. The SMILES string of the molecule is CCCc1ccc(C(F)(F)OC(C)c2cc(F)c(OC(F)(F)F)c(F)c2)cc1. The van der Waals surface area contributed by atoms with E-state index in [4.69, 9.17) is 0 Å². The topological polar surface area (TPSA) is 18.5 Å². The van der Waals surface area contributed by atoms with Crippen molar-refractivity contribution in [2.45, 2.75) is 45.3 Å². The highest BCUT2D eigenvalue weighted by molar-refractivity contribution is 5.33. The number of rotatable bonds is 7. The van der Waals surface area contributed by atoms with Crippen LogP contribution in [0.3, 0.4) is 0 Å². The summed E-state index contributed by atoms with van der Waals surface area (Å²) in [6.07, 6.45) is -9.04. The van der Waals surface area contributed by atoms with Gasteiger partial charge in [0.1, 0.15) is 0 Å². The van der Waals surface area contributed by atoms with E-state index in [0.717, 1.165) is 18.9 Å². The standard InChI is InChI=1S/C19H17F7O2/c1-3-4-12-5-7-14(8-6-12)18(22,23)27-11(2)13-9-15(20)17(16(21)10-13)28-19(24,25)26/h5-11H,3-4H2,1-2H3. The molecule has 0 amide bonds. The van der Waals surface area contributed by atoms with Crippen LogP contribution >= 0.6 is 0 Å². The van der Waals surface area contributed by atoms with Crippen LogP contribution in [0.2, 0.25) is 0 Å². The fourth-order valence-corrected chi connectivity index (χ4v) is 2.54. The smallest absolute Gasteiger partial charge is 0.399 e. The second-order valence-corrected chi connectivity index (χ2v) is 6.09. The fraction of sp³-hybridized carbons (Fsp3) is 0.368. The van der Waals surface area contributed by atoms with E-state index in [1.165, 1.54) is 24.3 Å². The highest BCUT2D eigenvalue weighted by Gasteiger charge is 2.37. The molecule has 1 atom stereocenters. The molecule has 0 radical (unpaired) electrons.